The first-order valence-electron chi connectivity index (χ1n) is 8.32. The molecular weight excluding hydrogens is 464 g/mol. The van der Waals surface area contributed by atoms with Crippen LogP contribution in [0.3, 0.4) is 0 Å². The second kappa shape index (κ2) is 9.23. The van der Waals surface area contributed by atoms with Crippen LogP contribution in [0.5, 0.6) is 0 Å². The zero-order valence-corrected chi connectivity index (χ0v) is 17.3. The van der Waals surface area contributed by atoms with Crippen LogP contribution < -0.4 is 5.90 Å². The summed E-state index contributed by atoms with van der Waals surface area (Å²) in [5.41, 5.74) is -5.07. The molecule has 1 atom stereocenters. The molecule has 166 valence electrons. The van der Waals surface area contributed by atoms with E-state index in [2.05, 4.69) is 16.2 Å². The van der Waals surface area contributed by atoms with Crippen molar-refractivity contribution in [2.24, 2.45) is 5.90 Å². The van der Waals surface area contributed by atoms with Gasteiger partial charge in [-0.15, -0.1) is 0 Å². The van der Waals surface area contributed by atoms with Crippen LogP contribution in [-0.4, -0.2) is 24.2 Å². The van der Waals surface area contributed by atoms with E-state index in [-0.39, 0.29) is 26.7 Å². The molecule has 0 aromatic heterocycles. The third kappa shape index (κ3) is 4.99. The maximum Gasteiger partial charge on any atom is 0.424 e. The monoisotopic (exact) mass is 478 g/mol. The molecule has 0 heterocycles. The standard InChI is InChI=1S/C19H15Cl2F3N2O5/c1-10(15-4-3-11(17(27)30-2)5-16(15)26(28)29)9-18(31-25,19(22,23)24)12-6-13(20)8-14(21)7-12/h3-8H,1,9,25H2,2H3. The Morgan fingerprint density at radius 2 is 1.77 bits per heavy atom. The molecule has 2 rings (SSSR count). The molecule has 31 heavy (non-hydrogen) atoms. The largest absolute Gasteiger partial charge is 0.465 e. The first-order chi connectivity index (χ1) is 14.4. The number of alkyl halides is 3. The Bertz CT molecular complexity index is 1030. The molecule has 7 nitrogen and oxygen atoms in total. The van der Waals surface area contributed by atoms with Gasteiger partial charge >= 0.3 is 12.1 Å². The first-order valence-corrected chi connectivity index (χ1v) is 9.08. The van der Waals surface area contributed by atoms with Gasteiger partial charge in [-0.05, 0) is 41.5 Å². The van der Waals surface area contributed by atoms with Crippen LogP contribution in [-0.2, 0) is 15.2 Å². The number of rotatable bonds is 7. The number of nitro benzene ring substituents is 1. The number of ether oxygens (including phenoxy) is 1. The van der Waals surface area contributed by atoms with Gasteiger partial charge in [-0.1, -0.05) is 29.8 Å². The van der Waals surface area contributed by atoms with E-state index in [0.29, 0.717) is 0 Å². The second-order valence-corrected chi connectivity index (χ2v) is 7.23. The maximum atomic E-state index is 14.1. The summed E-state index contributed by atoms with van der Waals surface area (Å²) in [5, 5.41) is 11.3. The number of nitro groups is 1. The van der Waals surface area contributed by atoms with Gasteiger partial charge in [0.1, 0.15) is 0 Å². The molecule has 2 N–H and O–H groups in total. The zero-order chi connectivity index (χ0) is 23.6. The van der Waals surface area contributed by atoms with Crippen molar-refractivity contribution in [3.05, 3.63) is 79.8 Å². The van der Waals surface area contributed by atoms with Gasteiger partial charge in [0.05, 0.1) is 23.2 Å². The first kappa shape index (κ1) is 24.6. The quantitative estimate of drug-likeness (QED) is 0.322. The third-order valence-corrected chi connectivity index (χ3v) is 4.88. The van der Waals surface area contributed by atoms with Crippen LogP contribution in [0.1, 0.15) is 27.9 Å². The molecule has 2 aromatic carbocycles. The van der Waals surface area contributed by atoms with Crippen LogP contribution in [0.4, 0.5) is 18.9 Å². The van der Waals surface area contributed by atoms with Crippen LogP contribution in [0.15, 0.2) is 43.0 Å². The molecule has 0 bridgehead atoms. The molecule has 0 amide bonds. The number of nitrogens with zero attached hydrogens (tertiary/aromatic N) is 1. The smallest absolute Gasteiger partial charge is 0.424 e. The van der Waals surface area contributed by atoms with Crippen molar-refractivity contribution in [2.45, 2.75) is 18.2 Å². The second-order valence-electron chi connectivity index (χ2n) is 6.36. The molecule has 0 aliphatic carbocycles. The number of esters is 1. The Morgan fingerprint density at radius 1 is 1.19 bits per heavy atom. The fourth-order valence-corrected chi connectivity index (χ4v) is 3.48. The lowest BCUT2D eigenvalue weighted by atomic mass is 9.84. The van der Waals surface area contributed by atoms with E-state index >= 15 is 0 Å². The van der Waals surface area contributed by atoms with Crippen molar-refractivity contribution in [3.63, 3.8) is 0 Å². The van der Waals surface area contributed by atoms with Crippen LogP contribution in [0.2, 0.25) is 10.0 Å². The molecule has 0 aliphatic heterocycles. The van der Waals surface area contributed by atoms with E-state index in [9.17, 15) is 28.1 Å². The molecule has 0 radical (unpaired) electrons. The average Bonchev–Trinajstić information content (AvgIpc) is 2.68. The van der Waals surface area contributed by atoms with Gasteiger partial charge < -0.3 is 4.74 Å². The number of hydrogen-bond donors (Lipinski definition) is 1. The molecule has 0 saturated carbocycles. The summed E-state index contributed by atoms with van der Waals surface area (Å²) in [6, 6.07) is 6.28. The van der Waals surface area contributed by atoms with E-state index < -0.39 is 40.3 Å². The summed E-state index contributed by atoms with van der Waals surface area (Å²) in [7, 11) is 1.08. The fraction of sp³-hybridized carbons (Fsp3) is 0.211. The highest BCUT2D eigenvalue weighted by Gasteiger charge is 2.58. The molecule has 0 aliphatic rings. The van der Waals surface area contributed by atoms with Crippen LogP contribution in [0, 0.1) is 10.1 Å². The van der Waals surface area contributed by atoms with Crippen molar-refractivity contribution >= 4 is 40.4 Å². The van der Waals surface area contributed by atoms with Crippen LogP contribution in [0.25, 0.3) is 5.57 Å². The van der Waals surface area contributed by atoms with Gasteiger partial charge in [-0.25, -0.2) is 10.7 Å². The Kier molecular flexibility index (Phi) is 7.32. The minimum absolute atomic E-state index is 0.104. The summed E-state index contributed by atoms with van der Waals surface area (Å²) in [6.45, 7) is 3.56. The average molecular weight is 479 g/mol. The fourth-order valence-electron chi connectivity index (χ4n) is 2.95. The SMILES string of the molecule is C=C(CC(ON)(c1cc(Cl)cc(Cl)c1)C(F)(F)F)c1ccc(C(=O)OC)cc1[N+](=O)[O-]. The number of methoxy groups -OCH3 is 1. The predicted octanol–water partition coefficient (Wildman–Crippen LogP) is 5.44. The lowest BCUT2D eigenvalue weighted by Gasteiger charge is -2.34. The number of halogens is 5. The number of nitrogens with two attached hydrogens (primary N) is 1. The molecule has 12 heteroatoms. The number of carbonyl (C=O) groups is 1. The summed E-state index contributed by atoms with van der Waals surface area (Å²) in [5.74, 6) is 4.23. The normalized spacial score (nSPS) is 13.4. The van der Waals surface area contributed by atoms with Crippen molar-refractivity contribution in [1.82, 2.24) is 0 Å². The summed E-state index contributed by atoms with van der Waals surface area (Å²) in [4.78, 5) is 26.7. The number of carbonyl (C=O) groups excluding carboxylic acids is 1. The van der Waals surface area contributed by atoms with E-state index in [0.717, 1.165) is 37.4 Å². The third-order valence-electron chi connectivity index (χ3n) is 4.45. The number of hydrogen-bond acceptors (Lipinski definition) is 6. The highest BCUT2D eigenvalue weighted by Crippen LogP contribution is 2.48. The predicted molar refractivity (Wildman–Crippen MR) is 108 cm³/mol. The van der Waals surface area contributed by atoms with Crippen molar-refractivity contribution in [3.8, 4) is 0 Å². The van der Waals surface area contributed by atoms with Crippen molar-refractivity contribution in [2.75, 3.05) is 7.11 Å². The van der Waals surface area contributed by atoms with Crippen molar-refractivity contribution < 1.29 is 32.5 Å². The Morgan fingerprint density at radius 3 is 2.23 bits per heavy atom. The van der Waals surface area contributed by atoms with Gasteiger partial charge in [0.15, 0.2) is 0 Å². The maximum absolute atomic E-state index is 14.1. The lowest BCUT2D eigenvalue weighted by molar-refractivity contribution is -0.385. The van der Waals surface area contributed by atoms with Crippen molar-refractivity contribution in [1.29, 1.82) is 0 Å². The van der Waals surface area contributed by atoms with Gasteiger partial charge in [0, 0.05) is 22.5 Å². The Labute approximate surface area is 184 Å². The van der Waals surface area contributed by atoms with Gasteiger partial charge in [0.25, 0.3) is 5.69 Å². The van der Waals surface area contributed by atoms with Crippen LogP contribution >= 0.6 is 23.2 Å². The number of benzene rings is 2. The molecule has 0 fully saturated rings. The Balaban J connectivity index is 2.62. The molecule has 1 unspecified atom stereocenters. The highest BCUT2D eigenvalue weighted by atomic mass is 35.5. The molecule has 0 spiro atoms. The topological polar surface area (TPSA) is 105 Å². The van der Waals surface area contributed by atoms with E-state index in [1.807, 2.05) is 0 Å². The minimum atomic E-state index is -5.08. The minimum Gasteiger partial charge on any atom is -0.465 e. The highest BCUT2D eigenvalue weighted by molar-refractivity contribution is 6.34. The summed E-state index contributed by atoms with van der Waals surface area (Å²) in [6.07, 6.45) is -6.11. The zero-order valence-electron chi connectivity index (χ0n) is 15.8. The molecule has 0 saturated heterocycles. The molecule has 2 aromatic rings. The van der Waals surface area contributed by atoms with Gasteiger partial charge in [0.2, 0.25) is 5.60 Å². The molecular formula is C19H15Cl2F3N2O5. The summed E-state index contributed by atoms with van der Waals surface area (Å²) < 4.78 is 46.9. The van der Waals surface area contributed by atoms with Gasteiger partial charge in [-0.3, -0.25) is 15.0 Å². The van der Waals surface area contributed by atoms with E-state index in [1.54, 1.807) is 0 Å². The van der Waals surface area contributed by atoms with E-state index in [1.165, 1.54) is 6.07 Å². The van der Waals surface area contributed by atoms with E-state index in [4.69, 9.17) is 29.1 Å². The Hall–Kier alpha value is -2.66. The summed E-state index contributed by atoms with van der Waals surface area (Å²) >= 11 is 11.7. The lowest BCUT2D eigenvalue weighted by Crippen LogP contribution is -2.47. The van der Waals surface area contributed by atoms with Gasteiger partial charge in [-0.2, -0.15) is 13.2 Å².